The van der Waals surface area contributed by atoms with Gasteiger partial charge in [0, 0.05) is 17.3 Å². The van der Waals surface area contributed by atoms with E-state index < -0.39 is 0 Å². The maximum Gasteiger partial charge on any atom is 0.234 e. The molecule has 1 N–H and O–H groups in total. The molecule has 8 heteroatoms. The van der Waals surface area contributed by atoms with Crippen LogP contribution in [0.1, 0.15) is 30.8 Å². The van der Waals surface area contributed by atoms with E-state index in [1.165, 1.54) is 11.8 Å². The highest BCUT2D eigenvalue weighted by Gasteiger charge is 2.15. The Morgan fingerprint density at radius 2 is 2.00 bits per heavy atom. The van der Waals surface area contributed by atoms with Gasteiger partial charge in [-0.25, -0.2) is 0 Å². The van der Waals surface area contributed by atoms with E-state index in [9.17, 15) is 4.79 Å². The van der Waals surface area contributed by atoms with Crippen LogP contribution in [0.15, 0.2) is 47.6 Å². The number of aromatic nitrogens is 3. The van der Waals surface area contributed by atoms with Gasteiger partial charge >= 0.3 is 0 Å². The fourth-order valence-corrected chi connectivity index (χ4v) is 4.08. The van der Waals surface area contributed by atoms with Crippen LogP contribution in [0.4, 0.5) is 5.69 Å². The maximum atomic E-state index is 12.4. The number of hydrogen-bond donors (Lipinski definition) is 1. The first kappa shape index (κ1) is 22.2. The van der Waals surface area contributed by atoms with Crippen LogP contribution in [-0.4, -0.2) is 26.4 Å². The topological polar surface area (TPSA) is 69.0 Å². The molecular formula is C22H25ClN4O2S. The van der Waals surface area contributed by atoms with Gasteiger partial charge < -0.3 is 14.6 Å². The third-order valence-electron chi connectivity index (χ3n) is 4.61. The molecule has 0 spiro atoms. The number of carbonyl (C=O) groups excluding carboxylic acids is 1. The molecule has 0 bridgehead atoms. The van der Waals surface area contributed by atoms with Crippen molar-refractivity contribution in [3.63, 3.8) is 0 Å². The van der Waals surface area contributed by atoms with Gasteiger partial charge in [0.2, 0.25) is 5.91 Å². The highest BCUT2D eigenvalue weighted by molar-refractivity contribution is 7.99. The lowest BCUT2D eigenvalue weighted by atomic mass is 10.1. The van der Waals surface area contributed by atoms with E-state index in [0.29, 0.717) is 29.2 Å². The van der Waals surface area contributed by atoms with E-state index in [0.717, 1.165) is 29.0 Å². The molecule has 1 heterocycles. The predicted molar refractivity (Wildman–Crippen MR) is 121 cm³/mol. The number of amides is 1. The third kappa shape index (κ3) is 5.55. The molecule has 0 unspecified atom stereocenters. The Kier molecular flexibility index (Phi) is 7.76. The quantitative estimate of drug-likeness (QED) is 0.463. The van der Waals surface area contributed by atoms with E-state index in [-0.39, 0.29) is 11.7 Å². The predicted octanol–water partition coefficient (Wildman–Crippen LogP) is 5.13. The van der Waals surface area contributed by atoms with Gasteiger partial charge in [-0.3, -0.25) is 4.79 Å². The van der Waals surface area contributed by atoms with Crippen LogP contribution in [0.5, 0.6) is 5.75 Å². The number of nitrogens with zero attached hydrogens (tertiary/aromatic N) is 3. The zero-order chi connectivity index (χ0) is 21.5. The molecule has 0 saturated carbocycles. The summed E-state index contributed by atoms with van der Waals surface area (Å²) in [6, 6.07) is 13.3. The number of aryl methyl sites for hydroxylation is 2. The number of anilines is 1. The van der Waals surface area contributed by atoms with E-state index in [4.69, 9.17) is 16.3 Å². The number of nitrogens with one attached hydrogen (secondary N) is 1. The minimum absolute atomic E-state index is 0.0684. The molecule has 0 aliphatic heterocycles. The lowest BCUT2D eigenvalue weighted by molar-refractivity contribution is -0.113. The van der Waals surface area contributed by atoms with E-state index in [2.05, 4.69) is 22.4 Å². The zero-order valence-corrected chi connectivity index (χ0v) is 18.9. The first-order valence-electron chi connectivity index (χ1n) is 9.83. The van der Waals surface area contributed by atoms with Crippen LogP contribution in [0.3, 0.4) is 0 Å². The second-order valence-electron chi connectivity index (χ2n) is 6.69. The second-order valence-corrected chi connectivity index (χ2v) is 8.07. The number of halogens is 1. The van der Waals surface area contributed by atoms with Crippen molar-refractivity contribution in [2.45, 2.75) is 45.5 Å². The number of ether oxygens (including phenoxy) is 1. The molecule has 0 atom stereocenters. The van der Waals surface area contributed by atoms with E-state index in [1.807, 2.05) is 54.8 Å². The summed E-state index contributed by atoms with van der Waals surface area (Å²) in [6.07, 6.45) is 0.865. The first-order chi connectivity index (χ1) is 14.5. The lowest BCUT2D eigenvalue weighted by Crippen LogP contribution is -2.16. The number of thioether (sulfide) groups is 1. The maximum absolute atomic E-state index is 12.4. The summed E-state index contributed by atoms with van der Waals surface area (Å²) in [5.41, 5.74) is 2.93. The van der Waals surface area contributed by atoms with Crippen LogP contribution < -0.4 is 10.1 Å². The number of rotatable bonds is 9. The van der Waals surface area contributed by atoms with Gasteiger partial charge in [0.15, 0.2) is 11.0 Å². The molecule has 0 aliphatic carbocycles. The molecular weight excluding hydrogens is 420 g/mol. The van der Waals surface area contributed by atoms with Gasteiger partial charge in [-0.05, 0) is 55.7 Å². The fourth-order valence-electron chi connectivity index (χ4n) is 3.03. The zero-order valence-electron chi connectivity index (χ0n) is 17.3. The average Bonchev–Trinajstić information content (AvgIpc) is 3.14. The summed E-state index contributed by atoms with van der Waals surface area (Å²) in [7, 11) is 0. The molecule has 1 aromatic heterocycles. The molecule has 0 saturated heterocycles. The van der Waals surface area contributed by atoms with Crippen LogP contribution in [0, 0.1) is 6.92 Å². The first-order valence-corrected chi connectivity index (χ1v) is 11.2. The Hall–Kier alpha value is -2.51. The summed E-state index contributed by atoms with van der Waals surface area (Å²) < 4.78 is 7.85. The summed E-state index contributed by atoms with van der Waals surface area (Å²) in [5.74, 6) is 1.66. The SMILES string of the molecule is CCc1ccccc1NC(=O)CSc1nnc(COc2ccc(Cl)cc2C)n1CC. The summed E-state index contributed by atoms with van der Waals surface area (Å²) in [6.45, 7) is 7.01. The summed E-state index contributed by atoms with van der Waals surface area (Å²) in [5, 5.41) is 12.8. The Bertz CT molecular complexity index is 1020. The molecule has 30 heavy (non-hydrogen) atoms. The Balaban J connectivity index is 1.60. The number of carbonyl (C=O) groups is 1. The normalized spacial score (nSPS) is 10.8. The Morgan fingerprint density at radius 1 is 1.20 bits per heavy atom. The molecule has 6 nitrogen and oxygen atoms in total. The lowest BCUT2D eigenvalue weighted by Gasteiger charge is -2.11. The average molecular weight is 445 g/mol. The van der Waals surface area contributed by atoms with Crippen molar-refractivity contribution in [2.24, 2.45) is 0 Å². The number of hydrogen-bond acceptors (Lipinski definition) is 5. The van der Waals surface area contributed by atoms with Crippen molar-refractivity contribution in [1.82, 2.24) is 14.8 Å². The summed E-state index contributed by atoms with van der Waals surface area (Å²) in [4.78, 5) is 12.4. The van der Waals surface area contributed by atoms with Crippen molar-refractivity contribution in [3.05, 3.63) is 64.4 Å². The van der Waals surface area contributed by atoms with Gasteiger partial charge in [-0.1, -0.05) is 48.5 Å². The van der Waals surface area contributed by atoms with Gasteiger partial charge in [0.1, 0.15) is 12.4 Å². The van der Waals surface area contributed by atoms with Gasteiger partial charge in [-0.15, -0.1) is 10.2 Å². The van der Waals surface area contributed by atoms with Gasteiger partial charge in [-0.2, -0.15) is 0 Å². The monoisotopic (exact) mass is 444 g/mol. The van der Waals surface area contributed by atoms with Crippen LogP contribution in [0.25, 0.3) is 0 Å². The Morgan fingerprint density at radius 3 is 2.73 bits per heavy atom. The van der Waals surface area contributed by atoms with Crippen molar-refractivity contribution < 1.29 is 9.53 Å². The third-order valence-corrected chi connectivity index (χ3v) is 5.81. The minimum atomic E-state index is -0.0684. The van der Waals surface area contributed by atoms with Gasteiger partial charge in [0.25, 0.3) is 0 Å². The molecule has 3 aromatic rings. The number of benzene rings is 2. The highest BCUT2D eigenvalue weighted by atomic mass is 35.5. The molecule has 3 rings (SSSR count). The van der Waals surface area contributed by atoms with Gasteiger partial charge in [0.05, 0.1) is 5.75 Å². The smallest absolute Gasteiger partial charge is 0.234 e. The molecule has 158 valence electrons. The summed E-state index contributed by atoms with van der Waals surface area (Å²) >= 11 is 7.36. The van der Waals surface area contributed by atoms with Crippen molar-refractivity contribution in [3.8, 4) is 5.75 Å². The molecule has 2 aromatic carbocycles. The molecule has 0 aliphatic rings. The number of para-hydroxylation sites is 1. The fraction of sp³-hybridized carbons (Fsp3) is 0.318. The standard InChI is InChI=1S/C22H25ClN4O2S/c1-4-16-8-6-7-9-18(16)24-21(28)14-30-22-26-25-20(27(22)5-2)13-29-19-11-10-17(23)12-15(19)3/h6-12H,4-5,13-14H2,1-3H3,(H,24,28). The highest BCUT2D eigenvalue weighted by Crippen LogP contribution is 2.24. The second kappa shape index (κ2) is 10.5. The van der Waals surface area contributed by atoms with Crippen LogP contribution in [-0.2, 0) is 24.4 Å². The van der Waals surface area contributed by atoms with Crippen LogP contribution in [0.2, 0.25) is 5.02 Å². The minimum Gasteiger partial charge on any atom is -0.485 e. The van der Waals surface area contributed by atoms with Crippen molar-refractivity contribution in [2.75, 3.05) is 11.1 Å². The molecule has 0 fully saturated rings. The van der Waals surface area contributed by atoms with E-state index in [1.54, 1.807) is 6.07 Å². The Labute approximate surface area is 186 Å². The molecule has 0 radical (unpaired) electrons. The van der Waals surface area contributed by atoms with Crippen molar-refractivity contribution >= 4 is 35.0 Å². The largest absolute Gasteiger partial charge is 0.485 e. The van der Waals surface area contributed by atoms with E-state index >= 15 is 0 Å². The van der Waals surface area contributed by atoms with Crippen molar-refractivity contribution in [1.29, 1.82) is 0 Å². The van der Waals surface area contributed by atoms with Crippen LogP contribution >= 0.6 is 23.4 Å². The molecule has 1 amide bonds.